The summed E-state index contributed by atoms with van der Waals surface area (Å²) in [7, 11) is 0. The number of hydrogen-bond donors (Lipinski definition) is 2. The van der Waals surface area contributed by atoms with Gasteiger partial charge in [-0.05, 0) is 40.5 Å². The van der Waals surface area contributed by atoms with Crippen molar-refractivity contribution in [3.63, 3.8) is 0 Å². The first-order chi connectivity index (χ1) is 7.13. The molecule has 80 valence electrons. The molecule has 1 unspecified atom stereocenters. The molecule has 0 radical (unpaired) electrons. The second kappa shape index (κ2) is 5.74. The van der Waals surface area contributed by atoms with E-state index in [2.05, 4.69) is 21.2 Å². The second-order valence-corrected chi connectivity index (χ2v) is 4.23. The van der Waals surface area contributed by atoms with Crippen molar-refractivity contribution in [2.24, 2.45) is 0 Å². The average Bonchev–Trinajstić information content (AvgIpc) is 2.17. The third-order valence-electron chi connectivity index (χ3n) is 1.98. The largest absolute Gasteiger partial charge is 0.390 e. The standard InChI is InChI=1S/C11H13BrN2O/c1-8-2-3-11(10(12)6-8)14-7-9(15)4-5-13/h2-3,6,9,14-15H,4,7H2,1H3. The number of nitrogens with one attached hydrogen (secondary N) is 1. The predicted molar refractivity (Wildman–Crippen MR) is 63.6 cm³/mol. The molecule has 0 bridgehead atoms. The number of rotatable bonds is 4. The van der Waals surface area contributed by atoms with Crippen molar-refractivity contribution in [3.8, 4) is 6.07 Å². The van der Waals surface area contributed by atoms with Crippen molar-refractivity contribution in [2.45, 2.75) is 19.4 Å². The highest BCUT2D eigenvalue weighted by Gasteiger charge is 2.04. The van der Waals surface area contributed by atoms with Gasteiger partial charge in [0.05, 0.1) is 18.6 Å². The van der Waals surface area contributed by atoms with Crippen LogP contribution < -0.4 is 5.32 Å². The van der Waals surface area contributed by atoms with E-state index >= 15 is 0 Å². The van der Waals surface area contributed by atoms with Crippen LogP contribution in [0, 0.1) is 18.3 Å². The van der Waals surface area contributed by atoms with Crippen LogP contribution in [0.4, 0.5) is 5.69 Å². The van der Waals surface area contributed by atoms with Crippen molar-refractivity contribution in [2.75, 3.05) is 11.9 Å². The molecule has 0 aliphatic carbocycles. The van der Waals surface area contributed by atoms with Gasteiger partial charge in [0.15, 0.2) is 0 Å². The van der Waals surface area contributed by atoms with Gasteiger partial charge in [-0.1, -0.05) is 6.07 Å². The Bertz CT molecular complexity index is 373. The summed E-state index contributed by atoms with van der Waals surface area (Å²) in [6.45, 7) is 2.40. The smallest absolute Gasteiger partial charge is 0.0842 e. The van der Waals surface area contributed by atoms with E-state index in [-0.39, 0.29) is 6.42 Å². The third-order valence-corrected chi connectivity index (χ3v) is 2.64. The summed E-state index contributed by atoms with van der Waals surface area (Å²) in [4.78, 5) is 0. The molecule has 0 heterocycles. The van der Waals surface area contributed by atoms with Crippen LogP contribution in [-0.4, -0.2) is 17.8 Å². The fourth-order valence-electron chi connectivity index (χ4n) is 1.17. The Kier molecular flexibility index (Phi) is 4.60. The first kappa shape index (κ1) is 12.0. The molecule has 0 aliphatic heterocycles. The molecular formula is C11H13BrN2O. The number of anilines is 1. The lowest BCUT2D eigenvalue weighted by molar-refractivity contribution is 0.193. The molecule has 3 nitrogen and oxygen atoms in total. The number of benzene rings is 1. The fourth-order valence-corrected chi connectivity index (χ4v) is 1.80. The minimum absolute atomic E-state index is 0.149. The normalized spacial score (nSPS) is 11.9. The minimum atomic E-state index is -0.622. The minimum Gasteiger partial charge on any atom is -0.390 e. The van der Waals surface area contributed by atoms with Crippen LogP contribution in [0.1, 0.15) is 12.0 Å². The van der Waals surface area contributed by atoms with E-state index in [1.165, 1.54) is 5.56 Å². The van der Waals surface area contributed by atoms with E-state index in [1.54, 1.807) is 0 Å². The molecular weight excluding hydrogens is 256 g/mol. The van der Waals surface area contributed by atoms with Gasteiger partial charge in [0.1, 0.15) is 0 Å². The lowest BCUT2D eigenvalue weighted by atomic mass is 10.2. The maximum atomic E-state index is 9.36. The van der Waals surface area contributed by atoms with Crippen molar-refractivity contribution in [1.29, 1.82) is 5.26 Å². The molecule has 0 spiro atoms. The molecule has 0 aliphatic rings. The number of aryl methyl sites for hydroxylation is 1. The van der Waals surface area contributed by atoms with Gasteiger partial charge in [-0.15, -0.1) is 0 Å². The monoisotopic (exact) mass is 268 g/mol. The molecule has 1 atom stereocenters. The molecule has 2 N–H and O–H groups in total. The molecule has 1 aromatic carbocycles. The molecule has 15 heavy (non-hydrogen) atoms. The molecule has 0 aromatic heterocycles. The van der Waals surface area contributed by atoms with Crippen molar-refractivity contribution in [3.05, 3.63) is 28.2 Å². The van der Waals surface area contributed by atoms with E-state index in [0.717, 1.165) is 10.2 Å². The summed E-state index contributed by atoms with van der Waals surface area (Å²) in [5, 5.41) is 20.8. The van der Waals surface area contributed by atoms with E-state index in [9.17, 15) is 5.11 Å². The zero-order valence-corrected chi connectivity index (χ0v) is 10.1. The van der Waals surface area contributed by atoms with Crippen molar-refractivity contribution in [1.82, 2.24) is 0 Å². The Balaban J connectivity index is 2.55. The van der Waals surface area contributed by atoms with Gasteiger partial charge in [0.25, 0.3) is 0 Å². The van der Waals surface area contributed by atoms with Crippen molar-refractivity contribution < 1.29 is 5.11 Å². The van der Waals surface area contributed by atoms with E-state index in [1.807, 2.05) is 31.2 Å². The zero-order chi connectivity index (χ0) is 11.3. The second-order valence-electron chi connectivity index (χ2n) is 3.38. The van der Waals surface area contributed by atoms with Gasteiger partial charge in [-0.3, -0.25) is 0 Å². The van der Waals surface area contributed by atoms with Gasteiger partial charge in [-0.2, -0.15) is 5.26 Å². The Hall–Kier alpha value is -1.05. The summed E-state index contributed by atoms with van der Waals surface area (Å²) < 4.78 is 0.964. The molecule has 0 saturated heterocycles. The summed E-state index contributed by atoms with van der Waals surface area (Å²) >= 11 is 3.43. The number of aliphatic hydroxyl groups excluding tert-OH is 1. The van der Waals surface area contributed by atoms with Crippen LogP contribution in [0.5, 0.6) is 0 Å². The molecule has 0 amide bonds. The van der Waals surface area contributed by atoms with Crippen LogP contribution in [-0.2, 0) is 0 Å². The Morgan fingerprint density at radius 3 is 2.93 bits per heavy atom. The highest BCUT2D eigenvalue weighted by Crippen LogP contribution is 2.23. The van der Waals surface area contributed by atoms with Crippen LogP contribution in [0.15, 0.2) is 22.7 Å². The molecule has 4 heteroatoms. The number of halogens is 1. The molecule has 0 fully saturated rings. The first-order valence-electron chi connectivity index (χ1n) is 4.68. The summed E-state index contributed by atoms with van der Waals surface area (Å²) in [5.74, 6) is 0. The Morgan fingerprint density at radius 1 is 1.60 bits per heavy atom. The Morgan fingerprint density at radius 2 is 2.33 bits per heavy atom. The maximum absolute atomic E-state index is 9.36. The van der Waals surface area contributed by atoms with E-state index in [0.29, 0.717) is 6.54 Å². The van der Waals surface area contributed by atoms with Gasteiger partial charge in [0.2, 0.25) is 0 Å². The number of aliphatic hydroxyl groups is 1. The lowest BCUT2D eigenvalue weighted by Gasteiger charge is -2.11. The molecule has 1 rings (SSSR count). The maximum Gasteiger partial charge on any atom is 0.0842 e. The third kappa shape index (κ3) is 3.90. The molecule has 0 saturated carbocycles. The molecule has 1 aromatic rings. The Labute approximate surface area is 97.9 Å². The van der Waals surface area contributed by atoms with Gasteiger partial charge >= 0.3 is 0 Å². The zero-order valence-electron chi connectivity index (χ0n) is 8.50. The highest BCUT2D eigenvalue weighted by molar-refractivity contribution is 9.10. The van der Waals surface area contributed by atoms with Crippen LogP contribution in [0.2, 0.25) is 0 Å². The number of nitrogens with zero attached hydrogens (tertiary/aromatic N) is 1. The summed E-state index contributed by atoms with van der Waals surface area (Å²) in [6.07, 6.45) is -0.473. The average molecular weight is 269 g/mol. The number of hydrogen-bond acceptors (Lipinski definition) is 3. The van der Waals surface area contributed by atoms with Crippen molar-refractivity contribution >= 4 is 21.6 Å². The fraction of sp³-hybridized carbons (Fsp3) is 0.364. The highest BCUT2D eigenvalue weighted by atomic mass is 79.9. The number of nitriles is 1. The van der Waals surface area contributed by atoms with E-state index in [4.69, 9.17) is 5.26 Å². The SMILES string of the molecule is Cc1ccc(NCC(O)CC#N)c(Br)c1. The van der Waals surface area contributed by atoms with Gasteiger partial charge in [0, 0.05) is 16.7 Å². The predicted octanol–water partition coefficient (Wildman–Crippen LogP) is 2.44. The summed E-state index contributed by atoms with van der Waals surface area (Å²) in [6, 6.07) is 7.86. The van der Waals surface area contributed by atoms with E-state index < -0.39 is 6.10 Å². The van der Waals surface area contributed by atoms with Crippen LogP contribution in [0.3, 0.4) is 0 Å². The van der Waals surface area contributed by atoms with Crippen LogP contribution >= 0.6 is 15.9 Å². The first-order valence-corrected chi connectivity index (χ1v) is 5.48. The topological polar surface area (TPSA) is 56.0 Å². The quantitative estimate of drug-likeness (QED) is 0.882. The van der Waals surface area contributed by atoms with Gasteiger partial charge < -0.3 is 10.4 Å². The lowest BCUT2D eigenvalue weighted by Crippen LogP contribution is -2.18. The van der Waals surface area contributed by atoms with Crippen LogP contribution in [0.25, 0.3) is 0 Å². The van der Waals surface area contributed by atoms with Gasteiger partial charge in [-0.25, -0.2) is 0 Å². The summed E-state index contributed by atoms with van der Waals surface area (Å²) in [5.41, 5.74) is 2.10.